The van der Waals surface area contributed by atoms with E-state index in [0.717, 1.165) is 6.42 Å². The molecular weight excluding hydrogens is 683 g/mol. The third-order valence-corrected chi connectivity index (χ3v) is 16.8. The molecule has 276 valence electrons. The minimum atomic E-state index is -0.0777. The topological polar surface area (TPSA) is 3.24 Å². The highest BCUT2D eigenvalue weighted by molar-refractivity contribution is 8.00. The summed E-state index contributed by atoms with van der Waals surface area (Å²) >= 11 is 2.03. The second-order valence-electron chi connectivity index (χ2n) is 18.9. The van der Waals surface area contributed by atoms with E-state index in [0.29, 0.717) is 17.1 Å². The van der Waals surface area contributed by atoms with E-state index < -0.39 is 0 Å². The fourth-order valence-electron chi connectivity index (χ4n) is 12.5. The van der Waals surface area contributed by atoms with Crippen molar-refractivity contribution in [2.75, 3.05) is 4.90 Å². The minimum absolute atomic E-state index is 0.00219. The lowest BCUT2D eigenvalue weighted by molar-refractivity contribution is -0.0363. The maximum atomic E-state index is 2.67. The van der Waals surface area contributed by atoms with Crippen LogP contribution in [0.4, 0.5) is 17.1 Å². The van der Waals surface area contributed by atoms with Crippen molar-refractivity contribution in [2.24, 2.45) is 11.3 Å². The van der Waals surface area contributed by atoms with Crippen LogP contribution in [0.25, 0.3) is 11.1 Å². The Morgan fingerprint density at radius 2 is 1.40 bits per heavy atom. The van der Waals surface area contributed by atoms with Crippen molar-refractivity contribution < 1.29 is 0 Å². The standard InChI is InChI=1S/C53H53NS/c1-34-26-28-38-41(32-34)49(2,3)45-24-17-31-52(7)42-33-36(27-29-39(42)50(4,5)48(38)53(45,52)8)54(43-22-13-12-20-37(43)35-18-10-9-11-19-35)44-23-16-21-40-47(44)55-46-25-14-15-30-51(40,46)6/h9-30,32-33,45-46,48H,31H2,1-8H3. The monoisotopic (exact) mass is 735 g/mol. The highest BCUT2D eigenvalue weighted by Gasteiger charge is 2.68. The van der Waals surface area contributed by atoms with Gasteiger partial charge in [0.25, 0.3) is 0 Å². The third kappa shape index (κ3) is 4.55. The minimum Gasteiger partial charge on any atom is -0.309 e. The van der Waals surface area contributed by atoms with E-state index in [1.165, 1.54) is 55.3 Å². The predicted octanol–water partition coefficient (Wildman–Crippen LogP) is 14.2. The number of anilines is 3. The summed E-state index contributed by atoms with van der Waals surface area (Å²) in [4.78, 5) is 3.98. The molecule has 1 nitrogen and oxygen atoms in total. The molecule has 10 rings (SSSR count). The van der Waals surface area contributed by atoms with Gasteiger partial charge in [0, 0.05) is 38.1 Å². The number of hydrogen-bond acceptors (Lipinski definition) is 2. The first-order valence-corrected chi connectivity index (χ1v) is 21.2. The van der Waals surface area contributed by atoms with Crippen LogP contribution >= 0.6 is 11.8 Å². The van der Waals surface area contributed by atoms with E-state index in [2.05, 4.69) is 206 Å². The van der Waals surface area contributed by atoms with Gasteiger partial charge in [0.15, 0.2) is 0 Å². The summed E-state index contributed by atoms with van der Waals surface area (Å²) in [5.74, 6) is 0.791. The fraction of sp³-hybridized carbons (Fsp3) is 0.321. The molecule has 5 aromatic rings. The van der Waals surface area contributed by atoms with Gasteiger partial charge in [-0.3, -0.25) is 0 Å². The maximum absolute atomic E-state index is 2.67. The van der Waals surface area contributed by atoms with Gasteiger partial charge in [-0.1, -0.05) is 175 Å². The van der Waals surface area contributed by atoms with Crippen molar-refractivity contribution in [1.29, 1.82) is 0 Å². The molecule has 1 aliphatic heterocycles. The number of thioether (sulfide) groups is 1. The molecule has 2 heteroatoms. The number of benzene rings is 5. The molecular formula is C53H53NS. The number of hydrogen-bond donors (Lipinski definition) is 0. The summed E-state index contributed by atoms with van der Waals surface area (Å²) in [6.07, 6.45) is 15.5. The molecule has 0 fully saturated rings. The number of nitrogens with zero attached hydrogens (tertiary/aromatic N) is 1. The number of rotatable bonds is 4. The Hall–Kier alpha value is -4.53. The quantitative estimate of drug-likeness (QED) is 0.169. The maximum Gasteiger partial charge on any atom is 0.0601 e. The van der Waals surface area contributed by atoms with Crippen LogP contribution in [-0.4, -0.2) is 5.25 Å². The zero-order valence-electron chi connectivity index (χ0n) is 33.7. The highest BCUT2D eigenvalue weighted by atomic mass is 32.2. The second kappa shape index (κ2) is 11.7. The summed E-state index contributed by atoms with van der Waals surface area (Å²) in [6.45, 7) is 20.1. The first-order valence-electron chi connectivity index (χ1n) is 20.4. The molecule has 0 aromatic heterocycles. The van der Waals surface area contributed by atoms with Crippen molar-refractivity contribution in [3.63, 3.8) is 0 Å². The average molecular weight is 736 g/mol. The highest BCUT2D eigenvalue weighted by Crippen LogP contribution is 2.74. The summed E-state index contributed by atoms with van der Waals surface area (Å²) in [6, 6.07) is 42.0. The Morgan fingerprint density at radius 1 is 0.636 bits per heavy atom. The fourth-order valence-corrected chi connectivity index (χ4v) is 14.0. The second-order valence-corrected chi connectivity index (χ2v) is 20.0. The molecule has 5 aromatic carbocycles. The van der Waals surface area contributed by atoms with Gasteiger partial charge in [-0.25, -0.2) is 0 Å². The average Bonchev–Trinajstić information content (AvgIpc) is 3.49. The predicted molar refractivity (Wildman–Crippen MR) is 235 cm³/mol. The largest absolute Gasteiger partial charge is 0.309 e. The molecule has 55 heavy (non-hydrogen) atoms. The van der Waals surface area contributed by atoms with Gasteiger partial charge in [0.1, 0.15) is 0 Å². The van der Waals surface area contributed by atoms with Crippen molar-refractivity contribution in [1.82, 2.24) is 0 Å². The zero-order valence-corrected chi connectivity index (χ0v) is 34.5. The summed E-state index contributed by atoms with van der Waals surface area (Å²) in [5.41, 5.74) is 14.9. The molecule has 0 spiro atoms. The Bertz CT molecular complexity index is 2480. The van der Waals surface area contributed by atoms with Gasteiger partial charge in [0.2, 0.25) is 0 Å². The van der Waals surface area contributed by atoms with E-state index in [9.17, 15) is 0 Å². The Labute approximate surface area is 333 Å². The van der Waals surface area contributed by atoms with Crippen molar-refractivity contribution in [3.05, 3.63) is 179 Å². The molecule has 0 N–H and O–H groups in total. The summed E-state index contributed by atoms with van der Waals surface area (Å²) in [7, 11) is 0. The van der Waals surface area contributed by atoms with Crippen molar-refractivity contribution >= 4 is 28.8 Å². The van der Waals surface area contributed by atoms with Crippen molar-refractivity contribution in [2.45, 2.75) is 99.5 Å². The van der Waals surface area contributed by atoms with Crippen LogP contribution in [0, 0.1) is 18.3 Å². The van der Waals surface area contributed by atoms with Gasteiger partial charge in [-0.05, 0) is 93.2 Å². The Balaban J connectivity index is 1.24. The molecule has 0 amide bonds. The van der Waals surface area contributed by atoms with Crippen LogP contribution in [0.15, 0.2) is 151 Å². The SMILES string of the molecule is Cc1ccc2c(c1)C(C)(C)C1C=CCC3(C)c4cc(N(c5ccccc5-c5ccccc5)c5cccc6c5SC5C=CC=CC65C)ccc4C(C)(C)C2C13C. The molecule has 1 heterocycles. The van der Waals surface area contributed by atoms with E-state index in [4.69, 9.17) is 0 Å². The van der Waals surface area contributed by atoms with E-state index in [-0.39, 0.29) is 27.1 Å². The Kier molecular flexibility index (Phi) is 7.46. The van der Waals surface area contributed by atoms with Gasteiger partial charge >= 0.3 is 0 Å². The first kappa shape index (κ1) is 34.9. The van der Waals surface area contributed by atoms with Gasteiger partial charge < -0.3 is 4.90 Å². The van der Waals surface area contributed by atoms with Crippen LogP contribution in [0.3, 0.4) is 0 Å². The van der Waals surface area contributed by atoms with E-state index >= 15 is 0 Å². The van der Waals surface area contributed by atoms with E-state index in [1.807, 2.05) is 11.8 Å². The van der Waals surface area contributed by atoms with Gasteiger partial charge in [-0.15, -0.1) is 11.8 Å². The van der Waals surface area contributed by atoms with E-state index in [1.54, 1.807) is 11.1 Å². The molecule has 6 unspecified atom stereocenters. The molecule has 5 aliphatic rings. The molecule has 4 aliphatic carbocycles. The summed E-state index contributed by atoms with van der Waals surface area (Å²) < 4.78 is 0. The summed E-state index contributed by atoms with van der Waals surface area (Å²) in [5, 5.41) is 0.368. The molecule has 6 atom stereocenters. The van der Waals surface area contributed by atoms with Crippen LogP contribution in [0.2, 0.25) is 0 Å². The van der Waals surface area contributed by atoms with Crippen LogP contribution < -0.4 is 4.90 Å². The lowest BCUT2D eigenvalue weighted by Crippen LogP contribution is -2.65. The Morgan fingerprint density at radius 3 is 2.22 bits per heavy atom. The molecule has 0 saturated heterocycles. The third-order valence-electron chi connectivity index (χ3n) is 15.3. The molecule has 0 saturated carbocycles. The number of allylic oxidation sites excluding steroid dienone is 5. The number of para-hydroxylation sites is 1. The lowest BCUT2D eigenvalue weighted by atomic mass is 9.33. The van der Waals surface area contributed by atoms with Crippen LogP contribution in [-0.2, 0) is 21.7 Å². The zero-order chi connectivity index (χ0) is 38.1. The number of aryl methyl sites for hydroxylation is 1. The molecule has 0 bridgehead atoms. The smallest absolute Gasteiger partial charge is 0.0601 e. The first-order chi connectivity index (χ1) is 26.3. The van der Waals surface area contributed by atoms with Crippen LogP contribution in [0.5, 0.6) is 0 Å². The van der Waals surface area contributed by atoms with Crippen LogP contribution in [0.1, 0.15) is 94.2 Å². The van der Waals surface area contributed by atoms with Crippen molar-refractivity contribution in [3.8, 4) is 11.1 Å². The van der Waals surface area contributed by atoms with Gasteiger partial charge in [0.05, 0.1) is 11.4 Å². The van der Waals surface area contributed by atoms with Gasteiger partial charge in [-0.2, -0.15) is 0 Å². The normalized spacial score (nSPS) is 29.8. The lowest BCUT2D eigenvalue weighted by Gasteiger charge is -2.69. The number of fused-ring (bicyclic) bond motifs is 7. The molecule has 0 radical (unpaired) electrons.